The smallest absolute Gasteiger partial charge is 0.257 e. The first kappa shape index (κ1) is 20.2. The van der Waals surface area contributed by atoms with Crippen LogP contribution in [0.3, 0.4) is 0 Å². The summed E-state index contributed by atoms with van der Waals surface area (Å²) in [6.07, 6.45) is 2.71. The summed E-state index contributed by atoms with van der Waals surface area (Å²) in [6.45, 7) is 6.19. The highest BCUT2D eigenvalue weighted by Gasteiger charge is 2.19. The average Bonchev–Trinajstić information content (AvgIpc) is 2.69. The summed E-state index contributed by atoms with van der Waals surface area (Å²) < 4.78 is 13.8. The Labute approximate surface area is 169 Å². The number of carbonyl (C=O) groups excluding carboxylic acids is 2. The normalized spacial score (nSPS) is 11.0. The van der Waals surface area contributed by atoms with Crippen molar-refractivity contribution in [2.24, 2.45) is 0 Å². The van der Waals surface area contributed by atoms with Crippen molar-refractivity contribution in [3.63, 3.8) is 0 Å². The molecular weight excluding hydrogens is 369 g/mol. The van der Waals surface area contributed by atoms with Crippen LogP contribution in [-0.2, 0) is 5.41 Å². The predicted molar refractivity (Wildman–Crippen MR) is 112 cm³/mol. The van der Waals surface area contributed by atoms with Crippen molar-refractivity contribution < 1.29 is 14.0 Å². The molecule has 3 rings (SSSR count). The van der Waals surface area contributed by atoms with Crippen molar-refractivity contribution in [3.05, 3.63) is 89.5 Å². The van der Waals surface area contributed by atoms with E-state index in [1.54, 1.807) is 6.07 Å². The number of pyridine rings is 1. The van der Waals surface area contributed by atoms with E-state index in [-0.39, 0.29) is 28.1 Å². The number of nitrogens with zero attached hydrogens (tertiary/aromatic N) is 1. The Kier molecular flexibility index (Phi) is 5.73. The first-order valence-electron chi connectivity index (χ1n) is 9.17. The van der Waals surface area contributed by atoms with E-state index >= 15 is 0 Å². The second-order valence-corrected chi connectivity index (χ2v) is 7.65. The van der Waals surface area contributed by atoms with Gasteiger partial charge in [0.1, 0.15) is 5.82 Å². The molecule has 0 aliphatic heterocycles. The minimum atomic E-state index is -0.549. The summed E-state index contributed by atoms with van der Waals surface area (Å²) in [4.78, 5) is 29.2. The molecule has 0 radical (unpaired) electrons. The van der Waals surface area contributed by atoms with Crippen molar-refractivity contribution in [3.8, 4) is 0 Å². The third-order valence-corrected chi connectivity index (χ3v) is 4.37. The van der Waals surface area contributed by atoms with Gasteiger partial charge in [0.05, 0.1) is 16.8 Å². The van der Waals surface area contributed by atoms with Gasteiger partial charge in [-0.1, -0.05) is 51.1 Å². The fourth-order valence-corrected chi connectivity index (χ4v) is 2.89. The van der Waals surface area contributed by atoms with Gasteiger partial charge in [-0.3, -0.25) is 14.6 Å². The van der Waals surface area contributed by atoms with Crippen molar-refractivity contribution in [2.75, 3.05) is 10.6 Å². The number of amides is 2. The molecule has 0 unspecified atom stereocenters. The third-order valence-electron chi connectivity index (χ3n) is 4.37. The van der Waals surface area contributed by atoms with Crippen LogP contribution in [0.5, 0.6) is 0 Å². The molecule has 0 bridgehead atoms. The molecule has 0 aliphatic rings. The summed E-state index contributed by atoms with van der Waals surface area (Å²) >= 11 is 0. The lowest BCUT2D eigenvalue weighted by molar-refractivity contribution is 0.102. The van der Waals surface area contributed by atoms with Crippen molar-refractivity contribution in [1.29, 1.82) is 0 Å². The molecule has 1 heterocycles. The molecule has 2 aromatic carbocycles. The number of nitrogens with one attached hydrogen (secondary N) is 2. The molecule has 29 heavy (non-hydrogen) atoms. The van der Waals surface area contributed by atoms with E-state index in [0.717, 1.165) is 5.56 Å². The molecule has 0 atom stereocenters. The molecule has 2 amide bonds. The molecule has 0 saturated carbocycles. The van der Waals surface area contributed by atoms with Gasteiger partial charge < -0.3 is 10.6 Å². The third kappa shape index (κ3) is 4.85. The molecular formula is C23H22FN3O2. The van der Waals surface area contributed by atoms with Crippen LogP contribution in [0.2, 0.25) is 0 Å². The second kappa shape index (κ2) is 8.22. The van der Waals surface area contributed by atoms with Crippen molar-refractivity contribution >= 4 is 23.2 Å². The van der Waals surface area contributed by atoms with Gasteiger partial charge >= 0.3 is 0 Å². The second-order valence-electron chi connectivity index (χ2n) is 7.65. The minimum Gasteiger partial charge on any atom is -0.322 e. The number of aromatic nitrogens is 1. The number of anilines is 2. The molecule has 1 aromatic heterocycles. The van der Waals surface area contributed by atoms with Gasteiger partial charge in [0.25, 0.3) is 11.8 Å². The van der Waals surface area contributed by atoms with E-state index in [1.165, 1.54) is 36.7 Å². The monoisotopic (exact) mass is 391 g/mol. The van der Waals surface area contributed by atoms with Crippen molar-refractivity contribution in [1.82, 2.24) is 4.98 Å². The van der Waals surface area contributed by atoms with Gasteiger partial charge in [-0.05, 0) is 35.2 Å². The Morgan fingerprint density at radius 2 is 1.34 bits per heavy atom. The minimum absolute atomic E-state index is 0.0615. The lowest BCUT2D eigenvalue weighted by Gasteiger charge is -2.23. The summed E-state index contributed by atoms with van der Waals surface area (Å²) in [5, 5.41) is 5.37. The van der Waals surface area contributed by atoms with Gasteiger partial charge in [0, 0.05) is 18.1 Å². The Balaban J connectivity index is 1.80. The average molecular weight is 391 g/mol. The van der Waals surface area contributed by atoms with Crippen LogP contribution in [-0.4, -0.2) is 16.8 Å². The van der Waals surface area contributed by atoms with E-state index in [4.69, 9.17) is 0 Å². The molecule has 0 spiro atoms. The van der Waals surface area contributed by atoms with Crippen LogP contribution >= 0.6 is 0 Å². The zero-order valence-electron chi connectivity index (χ0n) is 16.5. The Hall–Kier alpha value is -3.54. The highest BCUT2D eigenvalue weighted by atomic mass is 19.1. The van der Waals surface area contributed by atoms with Crippen LogP contribution < -0.4 is 10.6 Å². The van der Waals surface area contributed by atoms with Crippen LogP contribution in [0.4, 0.5) is 15.8 Å². The predicted octanol–water partition coefficient (Wildman–Crippen LogP) is 5.02. The summed E-state index contributed by atoms with van der Waals surface area (Å²) in [5.41, 5.74) is 2.00. The highest BCUT2D eigenvalue weighted by molar-refractivity contribution is 6.08. The van der Waals surface area contributed by atoms with Gasteiger partial charge in [-0.2, -0.15) is 0 Å². The number of rotatable bonds is 4. The first-order valence-corrected chi connectivity index (χ1v) is 9.17. The lowest BCUT2D eigenvalue weighted by Crippen LogP contribution is -2.20. The number of para-hydroxylation sites is 2. The fourth-order valence-electron chi connectivity index (χ4n) is 2.89. The zero-order valence-corrected chi connectivity index (χ0v) is 16.5. The number of hydrogen-bond donors (Lipinski definition) is 2. The first-order chi connectivity index (χ1) is 13.8. The molecule has 6 heteroatoms. The number of halogens is 1. The number of benzene rings is 2. The van der Waals surface area contributed by atoms with Crippen LogP contribution in [0.25, 0.3) is 0 Å². The maximum atomic E-state index is 13.8. The van der Waals surface area contributed by atoms with Crippen LogP contribution in [0.15, 0.2) is 67.0 Å². The van der Waals surface area contributed by atoms with Crippen LogP contribution in [0, 0.1) is 5.82 Å². The van der Waals surface area contributed by atoms with E-state index in [1.807, 2.05) is 24.3 Å². The topological polar surface area (TPSA) is 71.1 Å². The maximum Gasteiger partial charge on any atom is 0.257 e. The zero-order chi connectivity index (χ0) is 21.0. The van der Waals surface area contributed by atoms with E-state index in [0.29, 0.717) is 5.69 Å². The van der Waals surface area contributed by atoms with Gasteiger partial charge in [-0.15, -0.1) is 0 Å². The summed E-state index contributed by atoms with van der Waals surface area (Å²) in [7, 11) is 0. The van der Waals surface area contributed by atoms with Gasteiger partial charge in [0.2, 0.25) is 0 Å². The Bertz CT molecular complexity index is 1060. The van der Waals surface area contributed by atoms with Crippen molar-refractivity contribution in [2.45, 2.75) is 26.2 Å². The molecule has 0 fully saturated rings. The quantitative estimate of drug-likeness (QED) is 0.656. The van der Waals surface area contributed by atoms with E-state index < -0.39 is 11.7 Å². The fraction of sp³-hybridized carbons (Fsp3) is 0.174. The summed E-state index contributed by atoms with van der Waals surface area (Å²) in [6, 6.07) is 14.9. The summed E-state index contributed by atoms with van der Waals surface area (Å²) in [5.74, 6) is -1.47. The largest absolute Gasteiger partial charge is 0.322 e. The van der Waals surface area contributed by atoms with Gasteiger partial charge in [0.15, 0.2) is 0 Å². The number of carbonyl (C=O) groups is 2. The SMILES string of the molecule is CC(C)(C)c1ccccc1NC(=O)c1cncc(C(=O)Nc2ccccc2F)c1. The van der Waals surface area contributed by atoms with E-state index in [9.17, 15) is 14.0 Å². The molecule has 0 aliphatic carbocycles. The lowest BCUT2D eigenvalue weighted by atomic mass is 9.86. The van der Waals surface area contributed by atoms with Gasteiger partial charge in [-0.25, -0.2) is 4.39 Å². The Morgan fingerprint density at radius 1 is 0.828 bits per heavy atom. The van der Waals surface area contributed by atoms with Crippen LogP contribution in [0.1, 0.15) is 47.1 Å². The number of hydrogen-bond acceptors (Lipinski definition) is 3. The standard InChI is InChI=1S/C23H22FN3O2/c1-23(2,3)17-8-4-6-10-19(17)26-21(28)15-12-16(14-25-13-15)22(29)27-20-11-7-5-9-18(20)24/h4-14H,1-3H3,(H,26,28)(H,27,29). The molecule has 3 aromatic rings. The molecule has 5 nitrogen and oxygen atoms in total. The molecule has 148 valence electrons. The Morgan fingerprint density at radius 3 is 1.93 bits per heavy atom. The molecule has 0 saturated heterocycles. The highest BCUT2D eigenvalue weighted by Crippen LogP contribution is 2.29. The molecule has 2 N–H and O–H groups in total. The maximum absolute atomic E-state index is 13.8. The van der Waals surface area contributed by atoms with E-state index in [2.05, 4.69) is 36.4 Å².